The van der Waals surface area contributed by atoms with E-state index in [-0.39, 0.29) is 12.4 Å². The van der Waals surface area contributed by atoms with Crippen LogP contribution < -0.4 is 20.8 Å². The van der Waals surface area contributed by atoms with E-state index in [0.29, 0.717) is 18.0 Å². The van der Waals surface area contributed by atoms with Crippen molar-refractivity contribution in [3.8, 4) is 22.8 Å². The number of H-pyrrole nitrogens is 1. The van der Waals surface area contributed by atoms with Crippen LogP contribution in [0.15, 0.2) is 35.3 Å². The average molecular weight is 416 g/mol. The first-order chi connectivity index (χ1) is 15.2. The van der Waals surface area contributed by atoms with E-state index in [4.69, 9.17) is 20.2 Å². The van der Waals surface area contributed by atoms with Gasteiger partial charge in [-0.1, -0.05) is 0 Å². The molecule has 7 heteroatoms. The molecular formula is C24H24N4O3. The molecular weight excluding hydrogens is 392 g/mol. The summed E-state index contributed by atoms with van der Waals surface area (Å²) in [4.78, 5) is 21.0. The number of benzene rings is 2. The fraction of sp³-hybridized carbons (Fsp3) is 0.333. The van der Waals surface area contributed by atoms with Gasteiger partial charge in [0.25, 0.3) is 5.56 Å². The number of nitrogens with zero attached hydrogens (tertiary/aromatic N) is 2. The number of fused-ring (bicyclic) bond motifs is 4. The largest absolute Gasteiger partial charge is 0.454 e. The predicted molar refractivity (Wildman–Crippen MR) is 120 cm³/mol. The molecule has 7 nitrogen and oxygen atoms in total. The number of aromatic amines is 1. The van der Waals surface area contributed by atoms with E-state index in [0.717, 1.165) is 59.1 Å². The lowest BCUT2D eigenvalue weighted by Gasteiger charge is -2.16. The van der Waals surface area contributed by atoms with Gasteiger partial charge >= 0.3 is 0 Å². The highest BCUT2D eigenvalue weighted by Gasteiger charge is 2.22. The summed E-state index contributed by atoms with van der Waals surface area (Å²) in [6.07, 6.45) is 7.38. The van der Waals surface area contributed by atoms with Crippen LogP contribution in [0.1, 0.15) is 30.4 Å². The molecule has 0 unspecified atom stereocenters. The fourth-order valence-electron chi connectivity index (χ4n) is 4.82. The Bertz CT molecular complexity index is 1390. The topological polar surface area (TPSA) is 95.2 Å². The zero-order valence-corrected chi connectivity index (χ0v) is 17.2. The molecule has 4 aromatic rings. The maximum Gasteiger partial charge on any atom is 0.275 e. The lowest BCUT2D eigenvalue weighted by molar-refractivity contribution is 0.174. The van der Waals surface area contributed by atoms with E-state index in [1.54, 1.807) is 0 Å². The number of aromatic nitrogens is 3. The summed E-state index contributed by atoms with van der Waals surface area (Å²) in [5, 5.41) is 0.927. The Kier molecular flexibility index (Phi) is 4.24. The maximum absolute atomic E-state index is 13.1. The third-order valence-corrected chi connectivity index (χ3v) is 6.39. The molecule has 1 aliphatic carbocycles. The zero-order valence-electron chi connectivity index (χ0n) is 17.2. The van der Waals surface area contributed by atoms with Gasteiger partial charge in [-0.3, -0.25) is 4.79 Å². The molecule has 6 rings (SSSR count). The van der Waals surface area contributed by atoms with Gasteiger partial charge in [0, 0.05) is 29.8 Å². The van der Waals surface area contributed by atoms with E-state index in [1.165, 1.54) is 24.0 Å². The molecule has 3 N–H and O–H groups in total. The van der Waals surface area contributed by atoms with E-state index < -0.39 is 0 Å². The molecule has 158 valence electrons. The van der Waals surface area contributed by atoms with Crippen LogP contribution in [-0.2, 0) is 19.4 Å². The highest BCUT2D eigenvalue weighted by Crippen LogP contribution is 2.40. The van der Waals surface area contributed by atoms with Crippen molar-refractivity contribution in [2.75, 3.05) is 13.3 Å². The van der Waals surface area contributed by atoms with Gasteiger partial charge < -0.3 is 24.8 Å². The molecule has 0 amide bonds. The van der Waals surface area contributed by atoms with Gasteiger partial charge in [0.2, 0.25) is 6.79 Å². The molecule has 0 atom stereocenters. The van der Waals surface area contributed by atoms with Gasteiger partial charge in [0.05, 0.1) is 16.6 Å². The lowest BCUT2D eigenvalue weighted by Crippen LogP contribution is -2.13. The third-order valence-electron chi connectivity index (χ3n) is 6.39. The van der Waals surface area contributed by atoms with Crippen molar-refractivity contribution < 1.29 is 9.47 Å². The van der Waals surface area contributed by atoms with Gasteiger partial charge in [-0.15, -0.1) is 0 Å². The minimum absolute atomic E-state index is 0.182. The maximum atomic E-state index is 13.1. The van der Waals surface area contributed by atoms with Crippen LogP contribution in [0.5, 0.6) is 11.5 Å². The van der Waals surface area contributed by atoms with Gasteiger partial charge in [-0.05, 0) is 68.0 Å². The number of hydrogen-bond donors (Lipinski definition) is 2. The Morgan fingerprint density at radius 2 is 1.84 bits per heavy atom. The smallest absolute Gasteiger partial charge is 0.275 e. The predicted octanol–water partition coefficient (Wildman–Crippen LogP) is 3.50. The number of aryl methyl sites for hydroxylation is 3. The van der Waals surface area contributed by atoms with Crippen molar-refractivity contribution in [1.82, 2.24) is 14.5 Å². The standard InChI is InChI=1S/C24H24N4O3/c25-6-3-7-28-12-17(16-10-21-22(11-20(16)28)31-13-30-21)23-24(29)27-19-9-15-5-2-1-4-14(15)8-18(19)26-23/h8-12H,1-7,13,25H2,(H,27,29). The zero-order chi connectivity index (χ0) is 20.9. The third kappa shape index (κ3) is 2.99. The second-order valence-corrected chi connectivity index (χ2v) is 8.36. The summed E-state index contributed by atoms with van der Waals surface area (Å²) < 4.78 is 13.3. The summed E-state index contributed by atoms with van der Waals surface area (Å²) >= 11 is 0. The highest BCUT2D eigenvalue weighted by atomic mass is 16.7. The van der Waals surface area contributed by atoms with Crippen LogP contribution in [0, 0.1) is 0 Å². The van der Waals surface area contributed by atoms with Crippen LogP contribution in [-0.4, -0.2) is 27.9 Å². The fourth-order valence-corrected chi connectivity index (χ4v) is 4.82. The average Bonchev–Trinajstić information content (AvgIpc) is 3.38. The number of nitrogens with one attached hydrogen (secondary N) is 1. The Labute approximate surface area is 178 Å². The Balaban J connectivity index is 1.57. The van der Waals surface area contributed by atoms with Crippen LogP contribution in [0.25, 0.3) is 33.2 Å². The van der Waals surface area contributed by atoms with Crippen LogP contribution >= 0.6 is 0 Å². The second-order valence-electron chi connectivity index (χ2n) is 8.36. The molecule has 0 saturated carbocycles. The number of ether oxygens (including phenoxy) is 2. The van der Waals surface area contributed by atoms with Crippen molar-refractivity contribution in [3.05, 3.63) is 51.9 Å². The SMILES string of the molecule is NCCCn1cc(-c2nc3cc4c(cc3[nH]c2=O)CCCC4)c2cc3c(cc21)OCO3. The molecule has 0 bridgehead atoms. The number of nitrogens with two attached hydrogens (primary N) is 1. The summed E-state index contributed by atoms with van der Waals surface area (Å²) in [6.45, 7) is 1.56. The molecule has 0 spiro atoms. The minimum atomic E-state index is -0.182. The van der Waals surface area contributed by atoms with Gasteiger partial charge in [-0.25, -0.2) is 4.98 Å². The van der Waals surface area contributed by atoms with Crippen LogP contribution in [0.2, 0.25) is 0 Å². The van der Waals surface area contributed by atoms with E-state index in [2.05, 4.69) is 21.7 Å². The molecule has 0 saturated heterocycles. The Hall–Kier alpha value is -3.32. The molecule has 2 aliphatic rings. The summed E-state index contributed by atoms with van der Waals surface area (Å²) in [6, 6.07) is 8.17. The van der Waals surface area contributed by atoms with Gasteiger partial charge in [0.1, 0.15) is 5.69 Å². The van der Waals surface area contributed by atoms with Crippen LogP contribution in [0.3, 0.4) is 0 Å². The van der Waals surface area contributed by atoms with Crippen molar-refractivity contribution in [2.45, 2.75) is 38.6 Å². The highest BCUT2D eigenvalue weighted by molar-refractivity contribution is 5.98. The van der Waals surface area contributed by atoms with Crippen molar-refractivity contribution >= 4 is 21.9 Å². The van der Waals surface area contributed by atoms with E-state index >= 15 is 0 Å². The molecule has 31 heavy (non-hydrogen) atoms. The number of rotatable bonds is 4. The van der Waals surface area contributed by atoms with Gasteiger partial charge in [-0.2, -0.15) is 0 Å². The molecule has 0 radical (unpaired) electrons. The molecule has 1 aliphatic heterocycles. The first kappa shape index (κ1) is 18.4. The molecule has 2 aromatic carbocycles. The first-order valence-corrected chi connectivity index (χ1v) is 10.9. The van der Waals surface area contributed by atoms with Crippen molar-refractivity contribution in [3.63, 3.8) is 0 Å². The first-order valence-electron chi connectivity index (χ1n) is 10.9. The minimum Gasteiger partial charge on any atom is -0.454 e. The van der Waals surface area contributed by atoms with E-state index in [1.807, 2.05) is 18.3 Å². The van der Waals surface area contributed by atoms with Gasteiger partial charge in [0.15, 0.2) is 11.5 Å². The monoisotopic (exact) mass is 416 g/mol. The molecule has 2 aromatic heterocycles. The summed E-state index contributed by atoms with van der Waals surface area (Å²) in [7, 11) is 0. The quantitative estimate of drug-likeness (QED) is 0.531. The Morgan fingerprint density at radius 3 is 2.65 bits per heavy atom. The second kappa shape index (κ2) is 7.13. The van der Waals surface area contributed by atoms with E-state index in [9.17, 15) is 4.79 Å². The van der Waals surface area contributed by atoms with Crippen molar-refractivity contribution in [2.24, 2.45) is 5.73 Å². The summed E-state index contributed by atoms with van der Waals surface area (Å²) in [5.41, 5.74) is 12.1. The van der Waals surface area contributed by atoms with Crippen molar-refractivity contribution in [1.29, 1.82) is 0 Å². The molecule has 3 heterocycles. The lowest BCUT2D eigenvalue weighted by atomic mass is 9.91. The van der Waals surface area contributed by atoms with Crippen LogP contribution in [0.4, 0.5) is 0 Å². The normalized spacial score (nSPS) is 15.0. The number of hydrogen-bond acceptors (Lipinski definition) is 5. The Morgan fingerprint density at radius 1 is 1.06 bits per heavy atom. The summed E-state index contributed by atoms with van der Waals surface area (Å²) in [5.74, 6) is 1.41. The molecule has 0 fully saturated rings.